The summed E-state index contributed by atoms with van der Waals surface area (Å²) in [5.74, 6) is -0.659. The van der Waals surface area contributed by atoms with E-state index in [1.165, 1.54) is 0 Å². The van der Waals surface area contributed by atoms with Crippen LogP contribution >= 0.6 is 0 Å². The number of hydrogen-bond donors (Lipinski definition) is 1. The van der Waals surface area contributed by atoms with Gasteiger partial charge in [-0.05, 0) is 12.1 Å². The Kier molecular flexibility index (Phi) is 3.83. The lowest BCUT2D eigenvalue weighted by Gasteiger charge is -2.26. The lowest BCUT2D eigenvalue weighted by atomic mass is 10.0. The summed E-state index contributed by atoms with van der Waals surface area (Å²) in [7, 11) is 0. The van der Waals surface area contributed by atoms with Gasteiger partial charge in [-0.25, -0.2) is 4.98 Å². The first-order valence-electron chi connectivity index (χ1n) is 7.23. The molecule has 1 aromatic heterocycles. The fraction of sp³-hybridized carbons (Fsp3) is 0.400. The molecule has 0 saturated carbocycles. The molecule has 1 fully saturated rings. The first kappa shape index (κ1) is 16.4. The molecule has 6 nitrogen and oxygen atoms in total. The van der Waals surface area contributed by atoms with Crippen molar-refractivity contribution in [1.82, 2.24) is 14.5 Å². The second-order valence-corrected chi connectivity index (χ2v) is 5.77. The number of likely N-dealkylation sites (tertiary alicyclic amines) is 1. The summed E-state index contributed by atoms with van der Waals surface area (Å²) in [5.41, 5.74) is -2.50. The summed E-state index contributed by atoms with van der Waals surface area (Å²) in [5, 5.41) is 9.64. The van der Waals surface area contributed by atoms with Crippen molar-refractivity contribution in [3.63, 3.8) is 0 Å². The Morgan fingerprint density at radius 1 is 1.33 bits per heavy atom. The minimum atomic E-state index is -4.80. The van der Waals surface area contributed by atoms with Gasteiger partial charge in [0.2, 0.25) is 5.91 Å². The predicted molar refractivity (Wildman–Crippen MR) is 78.2 cm³/mol. The average molecular weight is 341 g/mol. The highest BCUT2D eigenvalue weighted by Gasteiger charge is 2.57. The van der Waals surface area contributed by atoms with E-state index >= 15 is 0 Å². The maximum absolute atomic E-state index is 12.8. The molecular weight excluding hydrogens is 327 g/mol. The van der Waals surface area contributed by atoms with E-state index in [2.05, 4.69) is 4.98 Å². The van der Waals surface area contributed by atoms with E-state index in [0.717, 1.165) is 15.7 Å². The summed E-state index contributed by atoms with van der Waals surface area (Å²) in [4.78, 5) is 29.1. The minimum Gasteiger partial charge on any atom is -0.379 e. The summed E-state index contributed by atoms with van der Waals surface area (Å²) in [6.07, 6.45) is -4.32. The van der Waals surface area contributed by atoms with Crippen LogP contribution in [0.4, 0.5) is 13.2 Å². The van der Waals surface area contributed by atoms with Gasteiger partial charge in [-0.3, -0.25) is 14.2 Å². The molecule has 2 heterocycles. The number of fused-ring (bicyclic) bond motifs is 1. The quantitative estimate of drug-likeness (QED) is 0.881. The van der Waals surface area contributed by atoms with Crippen LogP contribution in [0.1, 0.15) is 6.42 Å². The Labute approximate surface area is 134 Å². The molecule has 1 atom stereocenters. The number of para-hydroxylation sites is 2. The van der Waals surface area contributed by atoms with Gasteiger partial charge < -0.3 is 10.0 Å². The van der Waals surface area contributed by atoms with Gasteiger partial charge in [0.15, 0.2) is 5.60 Å². The second kappa shape index (κ2) is 5.59. The number of benzene rings is 1. The van der Waals surface area contributed by atoms with Crippen LogP contribution in [0.3, 0.4) is 0 Å². The van der Waals surface area contributed by atoms with Crippen molar-refractivity contribution in [1.29, 1.82) is 0 Å². The van der Waals surface area contributed by atoms with Gasteiger partial charge in [0.1, 0.15) is 6.54 Å². The molecule has 1 N–H and O–H groups in total. The summed E-state index contributed by atoms with van der Waals surface area (Å²) >= 11 is 0. The highest BCUT2D eigenvalue weighted by atomic mass is 19.4. The van der Waals surface area contributed by atoms with E-state index in [0.29, 0.717) is 11.0 Å². The topological polar surface area (TPSA) is 75.4 Å². The van der Waals surface area contributed by atoms with Crippen LogP contribution in [-0.4, -0.2) is 50.3 Å². The number of nitrogens with zero attached hydrogens (tertiary/aromatic N) is 3. The van der Waals surface area contributed by atoms with Gasteiger partial charge in [-0.1, -0.05) is 12.1 Å². The van der Waals surface area contributed by atoms with Gasteiger partial charge in [-0.15, -0.1) is 0 Å². The van der Waals surface area contributed by atoms with Crippen molar-refractivity contribution in [3.05, 3.63) is 40.8 Å². The summed E-state index contributed by atoms with van der Waals surface area (Å²) in [6.45, 7) is -1.45. The number of β-amino-alcohol motifs (C(OH)–C–C–N with tert-alkyl or cyclic N) is 1. The second-order valence-electron chi connectivity index (χ2n) is 5.77. The molecule has 2 aromatic rings. The molecular formula is C15H14F3N3O3. The van der Waals surface area contributed by atoms with Crippen molar-refractivity contribution >= 4 is 16.9 Å². The van der Waals surface area contributed by atoms with Crippen molar-refractivity contribution in [3.8, 4) is 0 Å². The van der Waals surface area contributed by atoms with E-state index in [9.17, 15) is 27.9 Å². The molecule has 3 rings (SSSR count). The standard InChI is InChI=1S/C15H14F3N3O3/c16-15(17,18)14(24)5-6-20(9-14)13(23)8-21-11-4-2-1-3-10(11)19-7-12(21)22/h1-4,7,24H,5-6,8-9H2/t14-/m0/s1. The predicted octanol–water partition coefficient (Wildman–Crippen LogP) is 0.922. The zero-order valence-corrected chi connectivity index (χ0v) is 12.5. The minimum absolute atomic E-state index is 0.216. The largest absolute Gasteiger partial charge is 0.419 e. The van der Waals surface area contributed by atoms with Crippen LogP contribution < -0.4 is 5.56 Å². The number of halogens is 3. The molecule has 9 heteroatoms. The third-order valence-corrected chi connectivity index (χ3v) is 4.17. The normalized spacial score (nSPS) is 21.4. The van der Waals surface area contributed by atoms with Crippen molar-refractivity contribution in [2.24, 2.45) is 0 Å². The first-order chi connectivity index (χ1) is 11.2. The van der Waals surface area contributed by atoms with Crippen molar-refractivity contribution < 1.29 is 23.1 Å². The molecule has 24 heavy (non-hydrogen) atoms. The molecule has 1 amide bonds. The summed E-state index contributed by atoms with van der Waals surface area (Å²) in [6, 6.07) is 6.65. The van der Waals surface area contributed by atoms with E-state index in [1.54, 1.807) is 24.3 Å². The van der Waals surface area contributed by atoms with Crippen LogP contribution in [0.25, 0.3) is 11.0 Å². The van der Waals surface area contributed by atoms with Gasteiger partial charge in [-0.2, -0.15) is 13.2 Å². The van der Waals surface area contributed by atoms with Crippen molar-refractivity contribution in [2.75, 3.05) is 13.1 Å². The third kappa shape index (κ3) is 2.75. The number of aliphatic hydroxyl groups is 1. The third-order valence-electron chi connectivity index (χ3n) is 4.17. The van der Waals surface area contributed by atoms with E-state index in [-0.39, 0.29) is 6.54 Å². The van der Waals surface area contributed by atoms with Gasteiger partial charge in [0.05, 0.1) is 23.8 Å². The maximum Gasteiger partial charge on any atom is 0.419 e. The van der Waals surface area contributed by atoms with Gasteiger partial charge in [0, 0.05) is 13.0 Å². The molecule has 0 unspecified atom stereocenters. The van der Waals surface area contributed by atoms with Crippen molar-refractivity contribution in [2.45, 2.75) is 24.7 Å². The van der Waals surface area contributed by atoms with Crippen LogP contribution in [0.5, 0.6) is 0 Å². The molecule has 128 valence electrons. The summed E-state index contributed by atoms with van der Waals surface area (Å²) < 4.78 is 39.7. The number of rotatable bonds is 2. The van der Waals surface area contributed by atoms with Gasteiger partial charge in [0.25, 0.3) is 5.56 Å². The average Bonchev–Trinajstić information content (AvgIpc) is 2.94. The first-order valence-corrected chi connectivity index (χ1v) is 7.23. The molecule has 1 aliphatic rings. The molecule has 1 saturated heterocycles. The highest BCUT2D eigenvalue weighted by Crippen LogP contribution is 2.37. The van der Waals surface area contributed by atoms with Crippen LogP contribution in [-0.2, 0) is 11.3 Å². The molecule has 0 radical (unpaired) electrons. The Morgan fingerprint density at radius 2 is 2.04 bits per heavy atom. The Balaban J connectivity index is 1.85. The van der Waals surface area contributed by atoms with E-state index < -0.39 is 42.8 Å². The van der Waals surface area contributed by atoms with E-state index in [4.69, 9.17) is 0 Å². The molecule has 0 bridgehead atoms. The van der Waals surface area contributed by atoms with Crippen LogP contribution in [0.2, 0.25) is 0 Å². The molecule has 0 spiro atoms. The van der Waals surface area contributed by atoms with Crippen LogP contribution in [0, 0.1) is 0 Å². The number of amides is 1. The number of hydrogen-bond acceptors (Lipinski definition) is 4. The van der Waals surface area contributed by atoms with Gasteiger partial charge >= 0.3 is 6.18 Å². The Hall–Kier alpha value is -2.42. The zero-order chi connectivity index (χ0) is 17.5. The molecule has 1 aromatic carbocycles. The monoisotopic (exact) mass is 341 g/mol. The number of alkyl halides is 3. The lowest BCUT2D eigenvalue weighted by molar-refractivity contribution is -0.253. The van der Waals surface area contributed by atoms with E-state index in [1.807, 2.05) is 0 Å². The smallest absolute Gasteiger partial charge is 0.379 e. The maximum atomic E-state index is 12.8. The molecule has 0 aliphatic carbocycles. The highest BCUT2D eigenvalue weighted by molar-refractivity contribution is 5.80. The Bertz CT molecular complexity index is 849. The molecule has 1 aliphatic heterocycles. The number of carbonyl (C=O) groups excluding carboxylic acids is 1. The number of aromatic nitrogens is 2. The number of carbonyl (C=O) groups is 1. The SMILES string of the molecule is O=C(Cn1c(=O)cnc2ccccc21)N1CC[C@@](O)(C(F)(F)F)C1. The van der Waals surface area contributed by atoms with Crippen LogP contribution in [0.15, 0.2) is 35.3 Å². The zero-order valence-electron chi connectivity index (χ0n) is 12.5. The fourth-order valence-electron chi connectivity index (χ4n) is 2.75. The fourth-order valence-corrected chi connectivity index (χ4v) is 2.75. The Morgan fingerprint density at radius 3 is 2.71 bits per heavy atom. The lowest BCUT2D eigenvalue weighted by Crippen LogP contribution is -2.48.